The highest BCUT2D eigenvalue weighted by Gasteiger charge is 2.18. The topological polar surface area (TPSA) is 56.8 Å². The number of rotatable bonds is 6. The van der Waals surface area contributed by atoms with Crippen molar-refractivity contribution in [3.05, 3.63) is 52.0 Å². The second-order valence-corrected chi connectivity index (χ2v) is 6.08. The van der Waals surface area contributed by atoms with E-state index in [1.54, 1.807) is 12.1 Å². The Morgan fingerprint density at radius 1 is 1.00 bits per heavy atom. The number of carbonyl (C=O) groups excluding carboxylic acids is 1. The predicted molar refractivity (Wildman–Crippen MR) is 96.1 cm³/mol. The Morgan fingerprint density at radius 2 is 1.54 bits per heavy atom. The average molecular weight is 394 g/mol. The van der Waals surface area contributed by atoms with Crippen molar-refractivity contribution in [2.75, 3.05) is 21.3 Å². The molecule has 2 rings (SSSR count). The van der Waals surface area contributed by atoms with Crippen molar-refractivity contribution in [2.24, 2.45) is 0 Å². The first-order valence-electron chi connectivity index (χ1n) is 7.36. The SMILES string of the molecule is COc1cc(C(=O)NC(C)c2ccc(Br)cc2)cc(OC)c1OC. The smallest absolute Gasteiger partial charge is 0.252 e. The number of nitrogens with one attached hydrogen (secondary N) is 1. The minimum Gasteiger partial charge on any atom is -0.493 e. The van der Waals surface area contributed by atoms with Gasteiger partial charge in [0.2, 0.25) is 5.75 Å². The molecule has 0 spiro atoms. The Balaban J connectivity index is 2.24. The first-order chi connectivity index (χ1) is 11.5. The van der Waals surface area contributed by atoms with Gasteiger partial charge in [-0.05, 0) is 36.8 Å². The molecule has 0 heterocycles. The molecule has 24 heavy (non-hydrogen) atoms. The van der Waals surface area contributed by atoms with Gasteiger partial charge in [0.1, 0.15) is 0 Å². The summed E-state index contributed by atoms with van der Waals surface area (Å²) in [5, 5.41) is 2.97. The van der Waals surface area contributed by atoms with Crippen LogP contribution < -0.4 is 19.5 Å². The summed E-state index contributed by atoms with van der Waals surface area (Å²) in [4.78, 5) is 12.6. The molecule has 0 aliphatic rings. The molecule has 2 aromatic rings. The molecule has 0 radical (unpaired) electrons. The molecular formula is C18H20BrNO4. The minimum atomic E-state index is -0.218. The van der Waals surface area contributed by atoms with Crippen LogP contribution in [0.25, 0.3) is 0 Å². The van der Waals surface area contributed by atoms with Crippen LogP contribution in [0.1, 0.15) is 28.9 Å². The number of amides is 1. The minimum absolute atomic E-state index is 0.135. The molecule has 6 heteroatoms. The molecule has 0 saturated heterocycles. The molecule has 2 aromatic carbocycles. The summed E-state index contributed by atoms with van der Waals surface area (Å²) < 4.78 is 16.8. The second-order valence-electron chi connectivity index (χ2n) is 5.16. The van der Waals surface area contributed by atoms with Gasteiger partial charge in [0.05, 0.1) is 27.4 Å². The maximum absolute atomic E-state index is 12.6. The van der Waals surface area contributed by atoms with Crippen LogP contribution in [-0.4, -0.2) is 27.2 Å². The highest BCUT2D eigenvalue weighted by molar-refractivity contribution is 9.10. The number of methoxy groups -OCH3 is 3. The summed E-state index contributed by atoms with van der Waals surface area (Å²) >= 11 is 3.40. The summed E-state index contributed by atoms with van der Waals surface area (Å²) in [7, 11) is 4.56. The van der Waals surface area contributed by atoms with E-state index in [1.165, 1.54) is 21.3 Å². The Morgan fingerprint density at radius 3 is 2.00 bits per heavy atom. The summed E-state index contributed by atoms with van der Waals surface area (Å²) in [6.45, 7) is 1.93. The average Bonchev–Trinajstić information content (AvgIpc) is 2.60. The fourth-order valence-electron chi connectivity index (χ4n) is 2.33. The van der Waals surface area contributed by atoms with E-state index < -0.39 is 0 Å². The first-order valence-corrected chi connectivity index (χ1v) is 8.15. The van der Waals surface area contributed by atoms with Crippen molar-refractivity contribution in [2.45, 2.75) is 13.0 Å². The monoisotopic (exact) mass is 393 g/mol. The summed E-state index contributed by atoms with van der Waals surface area (Å²) in [6, 6.07) is 10.9. The largest absolute Gasteiger partial charge is 0.493 e. The molecule has 5 nitrogen and oxygen atoms in total. The molecule has 0 aliphatic carbocycles. The van der Waals surface area contributed by atoms with E-state index in [1.807, 2.05) is 31.2 Å². The molecule has 128 valence electrons. The van der Waals surface area contributed by atoms with Crippen LogP contribution in [0, 0.1) is 0 Å². The van der Waals surface area contributed by atoms with Gasteiger partial charge in [0.25, 0.3) is 5.91 Å². The molecule has 1 atom stereocenters. The van der Waals surface area contributed by atoms with Gasteiger partial charge in [-0.25, -0.2) is 0 Å². The number of carbonyl (C=O) groups is 1. The molecule has 0 aliphatic heterocycles. The van der Waals surface area contributed by atoms with Crippen molar-refractivity contribution in [1.82, 2.24) is 5.32 Å². The lowest BCUT2D eigenvalue weighted by Gasteiger charge is -2.17. The van der Waals surface area contributed by atoms with E-state index in [0.29, 0.717) is 22.8 Å². The number of hydrogen-bond acceptors (Lipinski definition) is 4. The molecule has 0 saturated carbocycles. The lowest BCUT2D eigenvalue weighted by Crippen LogP contribution is -2.26. The molecule has 0 fully saturated rings. The third-order valence-corrected chi connectivity index (χ3v) is 4.17. The highest BCUT2D eigenvalue weighted by atomic mass is 79.9. The van der Waals surface area contributed by atoms with Crippen LogP contribution in [0.2, 0.25) is 0 Å². The number of halogens is 1. The maximum Gasteiger partial charge on any atom is 0.252 e. The molecular weight excluding hydrogens is 374 g/mol. The maximum atomic E-state index is 12.6. The number of benzene rings is 2. The van der Waals surface area contributed by atoms with Crippen LogP contribution >= 0.6 is 15.9 Å². The lowest BCUT2D eigenvalue weighted by molar-refractivity contribution is 0.0939. The highest BCUT2D eigenvalue weighted by Crippen LogP contribution is 2.38. The van der Waals surface area contributed by atoms with Crippen LogP contribution in [0.3, 0.4) is 0 Å². The molecule has 0 bridgehead atoms. The fourth-order valence-corrected chi connectivity index (χ4v) is 2.59. The molecule has 1 N–H and O–H groups in total. The zero-order chi connectivity index (χ0) is 17.7. The van der Waals surface area contributed by atoms with E-state index in [2.05, 4.69) is 21.2 Å². The van der Waals surface area contributed by atoms with Gasteiger partial charge < -0.3 is 19.5 Å². The Kier molecular flexibility index (Phi) is 6.09. The third kappa shape index (κ3) is 4.00. The zero-order valence-electron chi connectivity index (χ0n) is 14.1. The van der Waals surface area contributed by atoms with Crippen LogP contribution in [0.4, 0.5) is 0 Å². The molecule has 1 unspecified atom stereocenters. The summed E-state index contributed by atoms with van der Waals surface area (Å²) in [5.74, 6) is 1.12. The number of ether oxygens (including phenoxy) is 3. The van der Waals surface area contributed by atoms with E-state index in [0.717, 1.165) is 10.0 Å². The third-order valence-electron chi connectivity index (χ3n) is 3.64. The Bertz CT molecular complexity index is 690. The lowest BCUT2D eigenvalue weighted by atomic mass is 10.1. The van der Waals surface area contributed by atoms with Gasteiger partial charge in [-0.15, -0.1) is 0 Å². The van der Waals surface area contributed by atoms with Gasteiger partial charge >= 0.3 is 0 Å². The van der Waals surface area contributed by atoms with Crippen molar-refractivity contribution in [3.63, 3.8) is 0 Å². The van der Waals surface area contributed by atoms with Gasteiger partial charge in [-0.1, -0.05) is 28.1 Å². The normalized spacial score (nSPS) is 11.5. The van der Waals surface area contributed by atoms with E-state index >= 15 is 0 Å². The quantitative estimate of drug-likeness (QED) is 0.806. The van der Waals surface area contributed by atoms with Crippen LogP contribution in [0.15, 0.2) is 40.9 Å². The zero-order valence-corrected chi connectivity index (χ0v) is 15.6. The first kappa shape index (κ1) is 18.1. The standard InChI is InChI=1S/C18H20BrNO4/c1-11(12-5-7-14(19)8-6-12)20-18(21)13-9-15(22-2)17(24-4)16(10-13)23-3/h5-11H,1-4H3,(H,20,21). The van der Waals surface area contributed by atoms with Crippen molar-refractivity contribution in [3.8, 4) is 17.2 Å². The van der Waals surface area contributed by atoms with E-state index in [-0.39, 0.29) is 11.9 Å². The summed E-state index contributed by atoms with van der Waals surface area (Å²) in [6.07, 6.45) is 0. The predicted octanol–water partition coefficient (Wildman–Crippen LogP) is 3.97. The van der Waals surface area contributed by atoms with E-state index in [4.69, 9.17) is 14.2 Å². The summed E-state index contributed by atoms with van der Waals surface area (Å²) in [5.41, 5.74) is 1.45. The van der Waals surface area contributed by atoms with Crippen molar-refractivity contribution >= 4 is 21.8 Å². The fraction of sp³-hybridized carbons (Fsp3) is 0.278. The Hall–Kier alpha value is -2.21. The van der Waals surface area contributed by atoms with Gasteiger partial charge in [-0.2, -0.15) is 0 Å². The number of hydrogen-bond donors (Lipinski definition) is 1. The van der Waals surface area contributed by atoms with E-state index in [9.17, 15) is 4.79 Å². The van der Waals surface area contributed by atoms with Gasteiger partial charge in [-0.3, -0.25) is 4.79 Å². The molecule has 0 aromatic heterocycles. The van der Waals surface area contributed by atoms with Crippen molar-refractivity contribution in [1.29, 1.82) is 0 Å². The van der Waals surface area contributed by atoms with Gasteiger partial charge in [0.15, 0.2) is 11.5 Å². The van der Waals surface area contributed by atoms with Crippen LogP contribution in [0.5, 0.6) is 17.2 Å². The van der Waals surface area contributed by atoms with Gasteiger partial charge in [0, 0.05) is 10.0 Å². The van der Waals surface area contributed by atoms with Crippen molar-refractivity contribution < 1.29 is 19.0 Å². The Labute approximate surface area is 150 Å². The van der Waals surface area contributed by atoms with Crippen LogP contribution in [-0.2, 0) is 0 Å². The second kappa shape index (κ2) is 8.06. The molecule has 1 amide bonds.